The monoisotopic (exact) mass is 531 g/mol. The Labute approximate surface area is 222 Å². The van der Waals surface area contributed by atoms with E-state index in [9.17, 15) is 4.39 Å². The van der Waals surface area contributed by atoms with Crippen molar-refractivity contribution >= 4 is 34.0 Å². The molecule has 200 valence electrons. The number of hydrogen-bond acceptors (Lipinski definition) is 9. The van der Waals surface area contributed by atoms with E-state index in [2.05, 4.69) is 36.1 Å². The predicted molar refractivity (Wildman–Crippen MR) is 146 cm³/mol. The number of benzene rings is 2. The van der Waals surface area contributed by atoms with Crippen molar-refractivity contribution in [1.82, 2.24) is 30.8 Å². The third-order valence-corrected chi connectivity index (χ3v) is 6.44. The normalized spacial score (nSPS) is 16.1. The topological polar surface area (TPSA) is 95.6 Å². The molecule has 37 heavy (non-hydrogen) atoms. The van der Waals surface area contributed by atoms with Crippen LogP contribution in [0.1, 0.15) is 6.42 Å². The largest absolute Gasteiger partial charge is 0.493 e. The first kappa shape index (κ1) is 27.3. The van der Waals surface area contributed by atoms with Gasteiger partial charge < -0.3 is 35.6 Å². The van der Waals surface area contributed by atoms with Gasteiger partial charge in [-0.2, -0.15) is 0 Å². The van der Waals surface area contributed by atoms with E-state index in [4.69, 9.17) is 21.1 Å². The molecule has 1 fully saturated rings. The molecule has 0 aliphatic carbocycles. The van der Waals surface area contributed by atoms with Gasteiger partial charge in [-0.3, -0.25) is 0 Å². The second-order valence-electron chi connectivity index (χ2n) is 8.79. The number of hydrogen-bond donors (Lipinski definition) is 4. The number of halogens is 2. The molecule has 0 bridgehead atoms. The first-order valence-corrected chi connectivity index (χ1v) is 13.0. The summed E-state index contributed by atoms with van der Waals surface area (Å²) >= 11 is 5.94. The van der Waals surface area contributed by atoms with E-state index in [1.807, 2.05) is 12.1 Å². The minimum absolute atomic E-state index is 0.0369. The van der Waals surface area contributed by atoms with E-state index < -0.39 is 5.82 Å². The smallest absolute Gasteiger partial charge is 0.162 e. The van der Waals surface area contributed by atoms with Crippen LogP contribution < -0.4 is 30.7 Å². The molecule has 1 aromatic heterocycles. The van der Waals surface area contributed by atoms with Crippen molar-refractivity contribution in [2.75, 3.05) is 77.9 Å². The highest BCUT2D eigenvalue weighted by atomic mass is 35.5. The number of anilines is 2. The Morgan fingerprint density at radius 1 is 0.973 bits per heavy atom. The van der Waals surface area contributed by atoms with E-state index in [0.717, 1.165) is 70.7 Å². The maximum atomic E-state index is 13.6. The molecule has 3 aromatic rings. The molecule has 1 saturated heterocycles. The Kier molecular flexibility index (Phi) is 10.5. The first-order valence-electron chi connectivity index (χ1n) is 12.7. The second-order valence-corrected chi connectivity index (χ2v) is 9.20. The minimum Gasteiger partial charge on any atom is -0.493 e. The lowest BCUT2D eigenvalue weighted by atomic mass is 10.2. The zero-order valence-corrected chi connectivity index (χ0v) is 21.9. The fourth-order valence-electron chi connectivity index (χ4n) is 4.16. The Morgan fingerprint density at radius 2 is 1.70 bits per heavy atom. The van der Waals surface area contributed by atoms with Crippen LogP contribution in [0.3, 0.4) is 0 Å². The molecule has 0 radical (unpaired) electrons. The van der Waals surface area contributed by atoms with E-state index >= 15 is 0 Å². The summed E-state index contributed by atoms with van der Waals surface area (Å²) in [5.41, 5.74) is 1.32. The zero-order valence-electron chi connectivity index (χ0n) is 21.2. The van der Waals surface area contributed by atoms with Crippen LogP contribution in [0.5, 0.6) is 11.5 Å². The maximum absolute atomic E-state index is 13.6. The number of rotatable bonds is 8. The average molecular weight is 532 g/mol. The molecule has 11 heteroatoms. The number of fused-ring (bicyclic) bond motifs is 1. The molecule has 0 unspecified atom stereocenters. The predicted octanol–water partition coefficient (Wildman–Crippen LogP) is 3.03. The molecule has 2 heterocycles. The number of methoxy groups -OCH3 is 1. The average Bonchev–Trinajstić information content (AvgIpc) is 2.89. The summed E-state index contributed by atoms with van der Waals surface area (Å²) in [5.74, 6) is 1.32. The van der Waals surface area contributed by atoms with Crippen LogP contribution in [-0.2, 0) is 0 Å². The summed E-state index contributed by atoms with van der Waals surface area (Å²) in [5, 5.41) is 14.4. The maximum Gasteiger partial charge on any atom is 0.162 e. The Morgan fingerprint density at radius 3 is 2.41 bits per heavy atom. The highest BCUT2D eigenvalue weighted by molar-refractivity contribution is 6.31. The lowest BCUT2D eigenvalue weighted by Gasteiger charge is -2.23. The van der Waals surface area contributed by atoms with Crippen molar-refractivity contribution in [3.63, 3.8) is 0 Å². The molecule has 4 rings (SSSR count). The van der Waals surface area contributed by atoms with Gasteiger partial charge in [-0.15, -0.1) is 0 Å². The van der Waals surface area contributed by atoms with Crippen molar-refractivity contribution in [3.8, 4) is 11.5 Å². The molecule has 1 aliphatic rings. The van der Waals surface area contributed by atoms with Gasteiger partial charge >= 0.3 is 0 Å². The fraction of sp³-hybridized carbons (Fsp3) is 0.462. The SMILES string of the molecule is COc1cc2ncnc(Nc3ccc(F)c(Cl)c3)c2cc1OCCCN1CCNCCNCCNCC1. The Balaban J connectivity index is 1.39. The summed E-state index contributed by atoms with van der Waals surface area (Å²) in [7, 11) is 1.61. The second kappa shape index (κ2) is 14.3. The highest BCUT2D eigenvalue weighted by Crippen LogP contribution is 2.35. The molecule has 0 atom stereocenters. The molecule has 9 nitrogen and oxygen atoms in total. The van der Waals surface area contributed by atoms with Gasteiger partial charge in [0, 0.05) is 76.0 Å². The van der Waals surface area contributed by atoms with Gasteiger partial charge in [0.15, 0.2) is 11.5 Å². The third kappa shape index (κ3) is 8.11. The van der Waals surface area contributed by atoms with Gasteiger partial charge in [0.05, 0.1) is 24.3 Å². The van der Waals surface area contributed by atoms with Gasteiger partial charge in [0.25, 0.3) is 0 Å². The molecular weight excluding hydrogens is 497 g/mol. The van der Waals surface area contributed by atoms with E-state index in [-0.39, 0.29) is 5.02 Å². The molecule has 1 aliphatic heterocycles. The van der Waals surface area contributed by atoms with Crippen LogP contribution in [0.25, 0.3) is 10.9 Å². The van der Waals surface area contributed by atoms with E-state index in [0.29, 0.717) is 35.1 Å². The number of ether oxygens (including phenoxy) is 2. The Bertz CT molecular complexity index is 1140. The molecule has 0 saturated carbocycles. The quantitative estimate of drug-likeness (QED) is 0.327. The van der Waals surface area contributed by atoms with Crippen molar-refractivity contribution in [1.29, 1.82) is 0 Å². The number of aromatic nitrogens is 2. The fourth-order valence-corrected chi connectivity index (χ4v) is 4.34. The van der Waals surface area contributed by atoms with Crippen LogP contribution in [0, 0.1) is 5.82 Å². The standard InChI is InChI=1S/C26H35ClFN7O2/c1-36-24-17-23-20(26(33-18-32-23)34-19-3-4-22(28)21(27)15-19)16-25(24)37-14-2-11-35-12-9-30-7-5-29-6-8-31-10-13-35/h3-4,15-18,29-31H,2,5-14H2,1H3,(H,32,33,34). The molecular formula is C26H35ClFN7O2. The minimum atomic E-state index is -0.474. The lowest BCUT2D eigenvalue weighted by molar-refractivity contribution is 0.229. The summed E-state index contributed by atoms with van der Waals surface area (Å²) < 4.78 is 25.3. The van der Waals surface area contributed by atoms with Crippen molar-refractivity contribution in [3.05, 3.63) is 47.5 Å². The lowest BCUT2D eigenvalue weighted by Crippen LogP contribution is -2.42. The van der Waals surface area contributed by atoms with Crippen LogP contribution in [0.2, 0.25) is 5.02 Å². The summed E-state index contributed by atoms with van der Waals surface area (Å²) in [6.45, 7) is 9.37. The van der Waals surface area contributed by atoms with Gasteiger partial charge in [0.2, 0.25) is 0 Å². The number of nitrogens with zero attached hydrogens (tertiary/aromatic N) is 3. The van der Waals surface area contributed by atoms with Gasteiger partial charge in [-0.1, -0.05) is 11.6 Å². The summed E-state index contributed by atoms with van der Waals surface area (Å²) in [4.78, 5) is 11.2. The van der Waals surface area contributed by atoms with E-state index in [1.165, 1.54) is 18.5 Å². The molecule has 4 N–H and O–H groups in total. The Hall–Kier alpha value is -2.76. The van der Waals surface area contributed by atoms with Crippen LogP contribution in [0.15, 0.2) is 36.7 Å². The van der Waals surface area contributed by atoms with Gasteiger partial charge in [-0.05, 0) is 30.7 Å². The zero-order chi connectivity index (χ0) is 25.9. The third-order valence-electron chi connectivity index (χ3n) is 6.15. The van der Waals surface area contributed by atoms with E-state index in [1.54, 1.807) is 13.2 Å². The summed E-state index contributed by atoms with van der Waals surface area (Å²) in [6, 6.07) is 8.14. The van der Waals surface area contributed by atoms with Crippen molar-refractivity contribution in [2.24, 2.45) is 0 Å². The van der Waals surface area contributed by atoms with Crippen molar-refractivity contribution < 1.29 is 13.9 Å². The highest BCUT2D eigenvalue weighted by Gasteiger charge is 2.13. The molecule has 0 spiro atoms. The summed E-state index contributed by atoms with van der Waals surface area (Å²) in [6.07, 6.45) is 2.35. The number of nitrogens with one attached hydrogen (secondary N) is 4. The van der Waals surface area contributed by atoms with Crippen molar-refractivity contribution in [2.45, 2.75) is 6.42 Å². The van der Waals surface area contributed by atoms with Gasteiger partial charge in [-0.25, -0.2) is 14.4 Å². The van der Waals surface area contributed by atoms with Gasteiger partial charge in [0.1, 0.15) is 18.0 Å². The van der Waals surface area contributed by atoms with Crippen LogP contribution in [0.4, 0.5) is 15.9 Å². The van der Waals surface area contributed by atoms with Crippen LogP contribution >= 0.6 is 11.6 Å². The van der Waals surface area contributed by atoms with Crippen LogP contribution in [-0.4, -0.2) is 87.5 Å². The molecule has 2 aromatic carbocycles. The first-order chi connectivity index (χ1) is 18.1. The molecule has 0 amide bonds.